The van der Waals surface area contributed by atoms with Crippen molar-refractivity contribution in [3.63, 3.8) is 0 Å². The normalized spacial score (nSPS) is 16.9. The van der Waals surface area contributed by atoms with Crippen LogP contribution >= 0.6 is 0 Å². The van der Waals surface area contributed by atoms with Crippen LogP contribution in [-0.2, 0) is 16.1 Å². The SMILES string of the molecule is NCC1(C(=O)NCc2ccnc(-n3cccn3)c2)CCOCC1. The molecule has 2 aromatic heterocycles. The van der Waals surface area contributed by atoms with E-state index in [4.69, 9.17) is 10.5 Å². The number of rotatable bonds is 5. The summed E-state index contributed by atoms with van der Waals surface area (Å²) in [4.78, 5) is 16.8. The fourth-order valence-corrected chi connectivity index (χ4v) is 2.76. The van der Waals surface area contributed by atoms with E-state index in [-0.39, 0.29) is 5.91 Å². The Hall–Kier alpha value is -2.25. The molecule has 7 nitrogen and oxygen atoms in total. The van der Waals surface area contributed by atoms with E-state index in [2.05, 4.69) is 15.4 Å². The molecule has 3 heterocycles. The van der Waals surface area contributed by atoms with Crippen molar-refractivity contribution in [3.05, 3.63) is 42.4 Å². The molecule has 2 aromatic rings. The first-order valence-corrected chi connectivity index (χ1v) is 7.75. The van der Waals surface area contributed by atoms with Gasteiger partial charge in [-0.3, -0.25) is 4.79 Å². The van der Waals surface area contributed by atoms with Gasteiger partial charge in [-0.05, 0) is 36.6 Å². The average Bonchev–Trinajstić information content (AvgIpc) is 3.15. The molecule has 0 aromatic carbocycles. The summed E-state index contributed by atoms with van der Waals surface area (Å²) < 4.78 is 7.03. The van der Waals surface area contributed by atoms with Crippen LogP contribution in [0.4, 0.5) is 0 Å². The van der Waals surface area contributed by atoms with E-state index in [0.717, 1.165) is 11.4 Å². The summed E-state index contributed by atoms with van der Waals surface area (Å²) >= 11 is 0. The van der Waals surface area contributed by atoms with Gasteiger partial charge in [-0.25, -0.2) is 9.67 Å². The first kappa shape index (κ1) is 15.6. The third-order valence-corrected chi connectivity index (χ3v) is 4.32. The van der Waals surface area contributed by atoms with Crippen LogP contribution in [0, 0.1) is 5.41 Å². The van der Waals surface area contributed by atoms with Crippen molar-refractivity contribution in [1.82, 2.24) is 20.1 Å². The number of hydrogen-bond donors (Lipinski definition) is 2. The fraction of sp³-hybridized carbons (Fsp3) is 0.438. The maximum Gasteiger partial charge on any atom is 0.227 e. The summed E-state index contributed by atoms with van der Waals surface area (Å²) in [6, 6.07) is 5.63. The molecular formula is C16H21N5O2. The summed E-state index contributed by atoms with van der Waals surface area (Å²) in [7, 11) is 0. The Morgan fingerprint density at radius 2 is 2.22 bits per heavy atom. The maximum absolute atomic E-state index is 12.6. The van der Waals surface area contributed by atoms with Gasteiger partial charge in [0.15, 0.2) is 5.82 Å². The highest BCUT2D eigenvalue weighted by atomic mass is 16.5. The average molecular weight is 315 g/mol. The van der Waals surface area contributed by atoms with Gasteiger partial charge in [0, 0.05) is 44.9 Å². The van der Waals surface area contributed by atoms with E-state index >= 15 is 0 Å². The number of carbonyl (C=O) groups is 1. The van der Waals surface area contributed by atoms with Crippen molar-refractivity contribution in [3.8, 4) is 5.82 Å². The van der Waals surface area contributed by atoms with Crippen molar-refractivity contribution in [2.45, 2.75) is 19.4 Å². The van der Waals surface area contributed by atoms with Crippen molar-refractivity contribution >= 4 is 5.91 Å². The van der Waals surface area contributed by atoms with E-state index in [1.54, 1.807) is 17.1 Å². The monoisotopic (exact) mass is 315 g/mol. The first-order chi connectivity index (χ1) is 11.2. The number of hydrogen-bond acceptors (Lipinski definition) is 5. The Morgan fingerprint density at radius 1 is 1.39 bits per heavy atom. The molecule has 0 unspecified atom stereocenters. The van der Waals surface area contributed by atoms with Crippen LogP contribution in [0.3, 0.4) is 0 Å². The second-order valence-corrected chi connectivity index (χ2v) is 5.75. The molecule has 0 spiro atoms. The molecular weight excluding hydrogens is 294 g/mol. The Kier molecular flexibility index (Phi) is 4.68. The lowest BCUT2D eigenvalue weighted by molar-refractivity contribution is -0.136. The molecule has 0 radical (unpaired) electrons. The summed E-state index contributed by atoms with van der Waals surface area (Å²) in [6.07, 6.45) is 6.59. The number of nitrogens with two attached hydrogens (primary N) is 1. The van der Waals surface area contributed by atoms with Crippen molar-refractivity contribution in [2.24, 2.45) is 11.1 Å². The van der Waals surface area contributed by atoms with E-state index in [0.29, 0.717) is 39.1 Å². The quantitative estimate of drug-likeness (QED) is 0.844. The zero-order valence-electron chi connectivity index (χ0n) is 12.9. The third kappa shape index (κ3) is 3.40. The minimum Gasteiger partial charge on any atom is -0.381 e. The van der Waals surface area contributed by atoms with Gasteiger partial charge in [0.25, 0.3) is 0 Å². The van der Waals surface area contributed by atoms with Crippen molar-refractivity contribution in [2.75, 3.05) is 19.8 Å². The van der Waals surface area contributed by atoms with Gasteiger partial charge < -0.3 is 15.8 Å². The molecule has 0 atom stereocenters. The predicted molar refractivity (Wildman–Crippen MR) is 84.7 cm³/mol. The number of carbonyl (C=O) groups excluding carboxylic acids is 1. The van der Waals surface area contributed by atoms with E-state index in [1.165, 1.54) is 0 Å². The standard InChI is InChI=1S/C16H21N5O2/c17-12-16(3-8-23-9-4-16)15(22)19-11-13-2-6-18-14(10-13)21-7-1-5-20-21/h1-2,5-7,10H,3-4,8-9,11-12,17H2,(H,19,22). The lowest BCUT2D eigenvalue weighted by atomic mass is 9.79. The minimum atomic E-state index is -0.504. The Labute approximate surface area is 134 Å². The van der Waals surface area contributed by atoms with Gasteiger partial charge in [0.2, 0.25) is 5.91 Å². The highest BCUT2D eigenvalue weighted by molar-refractivity contribution is 5.83. The lowest BCUT2D eigenvalue weighted by Gasteiger charge is -2.34. The molecule has 1 aliphatic heterocycles. The Balaban J connectivity index is 1.66. The second kappa shape index (κ2) is 6.89. The van der Waals surface area contributed by atoms with Crippen LogP contribution in [0.25, 0.3) is 5.82 Å². The zero-order chi connectivity index (χ0) is 16.1. The van der Waals surface area contributed by atoms with Crippen LogP contribution < -0.4 is 11.1 Å². The van der Waals surface area contributed by atoms with Crippen LogP contribution in [0.15, 0.2) is 36.8 Å². The topological polar surface area (TPSA) is 95.1 Å². The van der Waals surface area contributed by atoms with E-state index < -0.39 is 5.41 Å². The summed E-state index contributed by atoms with van der Waals surface area (Å²) in [5, 5.41) is 7.16. The second-order valence-electron chi connectivity index (χ2n) is 5.75. The number of pyridine rings is 1. The highest BCUT2D eigenvalue weighted by Crippen LogP contribution is 2.29. The Bertz CT molecular complexity index is 650. The predicted octanol–water partition coefficient (Wildman–Crippen LogP) is 0.639. The van der Waals surface area contributed by atoms with Gasteiger partial charge in [-0.1, -0.05) is 0 Å². The zero-order valence-corrected chi connectivity index (χ0v) is 12.9. The Morgan fingerprint density at radius 3 is 2.91 bits per heavy atom. The van der Waals surface area contributed by atoms with Crippen LogP contribution in [0.1, 0.15) is 18.4 Å². The lowest BCUT2D eigenvalue weighted by Crippen LogP contribution is -2.48. The largest absolute Gasteiger partial charge is 0.381 e. The van der Waals surface area contributed by atoms with Crippen molar-refractivity contribution in [1.29, 1.82) is 0 Å². The maximum atomic E-state index is 12.6. The van der Waals surface area contributed by atoms with Crippen LogP contribution in [0.2, 0.25) is 0 Å². The summed E-state index contributed by atoms with van der Waals surface area (Å²) in [5.74, 6) is 0.724. The number of aromatic nitrogens is 3. The molecule has 1 aliphatic rings. The van der Waals surface area contributed by atoms with Crippen molar-refractivity contribution < 1.29 is 9.53 Å². The summed E-state index contributed by atoms with van der Waals surface area (Å²) in [5.41, 5.74) is 6.32. The molecule has 0 aliphatic carbocycles. The van der Waals surface area contributed by atoms with Crippen LogP contribution in [-0.4, -0.2) is 40.4 Å². The molecule has 1 amide bonds. The van der Waals surface area contributed by atoms with Gasteiger partial charge in [0.05, 0.1) is 5.41 Å². The molecule has 7 heteroatoms. The van der Waals surface area contributed by atoms with Crippen LogP contribution in [0.5, 0.6) is 0 Å². The number of nitrogens with one attached hydrogen (secondary N) is 1. The van der Waals surface area contributed by atoms with Gasteiger partial charge in [0.1, 0.15) is 0 Å². The first-order valence-electron chi connectivity index (χ1n) is 7.75. The smallest absolute Gasteiger partial charge is 0.227 e. The molecule has 0 bridgehead atoms. The molecule has 1 fully saturated rings. The molecule has 122 valence electrons. The number of amides is 1. The number of nitrogens with zero attached hydrogens (tertiary/aromatic N) is 3. The molecule has 0 saturated carbocycles. The molecule has 3 N–H and O–H groups in total. The molecule has 3 rings (SSSR count). The highest BCUT2D eigenvalue weighted by Gasteiger charge is 2.38. The molecule has 1 saturated heterocycles. The fourth-order valence-electron chi connectivity index (χ4n) is 2.76. The third-order valence-electron chi connectivity index (χ3n) is 4.32. The minimum absolute atomic E-state index is 0.000696. The number of ether oxygens (including phenoxy) is 1. The molecule has 23 heavy (non-hydrogen) atoms. The van der Waals surface area contributed by atoms with Gasteiger partial charge >= 0.3 is 0 Å². The van der Waals surface area contributed by atoms with E-state index in [9.17, 15) is 4.79 Å². The van der Waals surface area contributed by atoms with E-state index in [1.807, 2.05) is 24.4 Å². The van der Waals surface area contributed by atoms with Gasteiger partial charge in [-0.2, -0.15) is 5.10 Å². The summed E-state index contributed by atoms with van der Waals surface area (Å²) in [6.45, 7) is 1.96. The van der Waals surface area contributed by atoms with Gasteiger partial charge in [-0.15, -0.1) is 0 Å².